The maximum atomic E-state index is 12.8. The maximum Gasteiger partial charge on any atom is 0.328 e. The third-order valence-corrected chi connectivity index (χ3v) is 4.51. The lowest BCUT2D eigenvalue weighted by Gasteiger charge is -2.17. The minimum atomic E-state index is -0.784. The number of aromatic nitrogens is 1. The first-order valence-corrected chi connectivity index (χ1v) is 8.84. The lowest BCUT2D eigenvalue weighted by Crippen LogP contribution is -2.43. The molecule has 0 aliphatic heterocycles. The van der Waals surface area contributed by atoms with E-state index in [1.165, 1.54) is 7.11 Å². The highest BCUT2D eigenvalue weighted by atomic mass is 79.9. The Labute approximate surface area is 159 Å². The van der Waals surface area contributed by atoms with Crippen molar-refractivity contribution < 1.29 is 14.3 Å². The number of amides is 1. The minimum Gasteiger partial charge on any atom is -0.467 e. The summed E-state index contributed by atoms with van der Waals surface area (Å²) in [5.41, 5.74) is 2.11. The molecule has 0 fully saturated rings. The number of carbonyl (C=O) groups excluding carboxylic acids is 2. The summed E-state index contributed by atoms with van der Waals surface area (Å²) in [5.74, 6) is -0.828. The van der Waals surface area contributed by atoms with E-state index in [4.69, 9.17) is 4.74 Å². The van der Waals surface area contributed by atoms with Gasteiger partial charge in [-0.15, -0.1) is 0 Å². The van der Waals surface area contributed by atoms with Crippen molar-refractivity contribution in [3.63, 3.8) is 0 Å². The Hall–Kier alpha value is -2.73. The zero-order valence-electron chi connectivity index (χ0n) is 14.1. The molecule has 1 heterocycles. The van der Waals surface area contributed by atoms with E-state index < -0.39 is 12.0 Å². The Kier molecular flexibility index (Phi) is 5.63. The van der Waals surface area contributed by atoms with Gasteiger partial charge >= 0.3 is 5.97 Å². The number of esters is 1. The van der Waals surface area contributed by atoms with Crippen LogP contribution in [0, 0.1) is 0 Å². The molecule has 132 valence electrons. The summed E-state index contributed by atoms with van der Waals surface area (Å²) in [6.07, 6.45) is 1.92. The molecule has 3 rings (SSSR count). The quantitative estimate of drug-likeness (QED) is 0.651. The first-order chi connectivity index (χ1) is 12.6. The van der Waals surface area contributed by atoms with Crippen LogP contribution in [-0.4, -0.2) is 30.0 Å². The van der Waals surface area contributed by atoms with Crippen LogP contribution in [0.3, 0.4) is 0 Å². The second kappa shape index (κ2) is 8.10. The molecule has 6 heteroatoms. The molecule has 3 aromatic rings. The molecule has 1 N–H and O–H groups in total. The van der Waals surface area contributed by atoms with Crippen LogP contribution in [0.15, 0.2) is 65.3 Å². The van der Waals surface area contributed by atoms with E-state index in [1.54, 1.807) is 12.3 Å². The van der Waals surface area contributed by atoms with E-state index in [2.05, 4.69) is 26.2 Å². The second-order valence-electron chi connectivity index (χ2n) is 5.76. The fraction of sp³-hybridized carbons (Fsp3) is 0.150. The first-order valence-electron chi connectivity index (χ1n) is 8.05. The number of halogens is 1. The third kappa shape index (κ3) is 4.08. The van der Waals surface area contributed by atoms with E-state index in [0.717, 1.165) is 20.9 Å². The smallest absolute Gasteiger partial charge is 0.328 e. The van der Waals surface area contributed by atoms with E-state index in [-0.39, 0.29) is 5.91 Å². The Morgan fingerprint density at radius 1 is 1.15 bits per heavy atom. The second-order valence-corrected chi connectivity index (χ2v) is 6.67. The van der Waals surface area contributed by atoms with Gasteiger partial charge in [0.2, 0.25) is 0 Å². The topological polar surface area (TPSA) is 68.3 Å². The van der Waals surface area contributed by atoms with Gasteiger partial charge in [0.05, 0.1) is 18.2 Å². The Morgan fingerprint density at radius 2 is 1.96 bits per heavy atom. The molecule has 1 aromatic heterocycles. The zero-order valence-corrected chi connectivity index (χ0v) is 15.7. The minimum absolute atomic E-state index is 0.334. The van der Waals surface area contributed by atoms with Crippen molar-refractivity contribution >= 4 is 38.7 Å². The van der Waals surface area contributed by atoms with Crippen LogP contribution in [0.2, 0.25) is 0 Å². The highest BCUT2D eigenvalue weighted by Gasteiger charge is 2.23. The molecule has 0 unspecified atom stereocenters. The van der Waals surface area contributed by atoms with Crippen LogP contribution in [0.1, 0.15) is 15.9 Å². The number of hydrogen-bond donors (Lipinski definition) is 1. The normalized spacial score (nSPS) is 11.8. The number of pyridine rings is 1. The molecule has 26 heavy (non-hydrogen) atoms. The largest absolute Gasteiger partial charge is 0.467 e. The van der Waals surface area contributed by atoms with Crippen LogP contribution in [0.25, 0.3) is 10.9 Å². The van der Waals surface area contributed by atoms with E-state index in [0.29, 0.717) is 12.0 Å². The highest BCUT2D eigenvalue weighted by molar-refractivity contribution is 9.10. The summed E-state index contributed by atoms with van der Waals surface area (Å²) < 4.78 is 5.77. The van der Waals surface area contributed by atoms with Gasteiger partial charge in [0.1, 0.15) is 6.04 Å². The van der Waals surface area contributed by atoms with Crippen molar-refractivity contribution in [2.24, 2.45) is 0 Å². The third-order valence-electron chi connectivity index (χ3n) is 4.01. The van der Waals surface area contributed by atoms with Crippen LogP contribution >= 0.6 is 15.9 Å². The summed E-state index contributed by atoms with van der Waals surface area (Å²) >= 11 is 3.41. The molecule has 1 amide bonds. The monoisotopic (exact) mass is 412 g/mol. The molecular formula is C20H17BrN2O3. The maximum absolute atomic E-state index is 12.8. The van der Waals surface area contributed by atoms with Crippen LogP contribution < -0.4 is 5.32 Å². The lowest BCUT2D eigenvalue weighted by molar-refractivity contribution is -0.142. The number of rotatable bonds is 5. The number of hydrogen-bond acceptors (Lipinski definition) is 4. The molecule has 5 nitrogen and oxygen atoms in total. The Balaban J connectivity index is 1.86. The molecular weight excluding hydrogens is 396 g/mol. The zero-order chi connectivity index (χ0) is 18.5. The van der Waals surface area contributed by atoms with Gasteiger partial charge in [-0.2, -0.15) is 0 Å². The number of fused-ring (bicyclic) bond motifs is 1. The van der Waals surface area contributed by atoms with Crippen molar-refractivity contribution in [3.05, 3.63) is 76.4 Å². The fourth-order valence-electron chi connectivity index (χ4n) is 2.77. The van der Waals surface area contributed by atoms with Crippen LogP contribution in [0.5, 0.6) is 0 Å². The number of ether oxygens (including phenoxy) is 1. The molecule has 0 aliphatic rings. The molecule has 0 bridgehead atoms. The molecule has 0 spiro atoms. The SMILES string of the molecule is COC(=O)[C@H](Cc1cccc(Br)c1)NC(=O)c1ccnc2ccccc12. The number of nitrogens with one attached hydrogen (secondary N) is 1. The predicted molar refractivity (Wildman–Crippen MR) is 103 cm³/mol. The van der Waals surface area contributed by atoms with Gasteiger partial charge in [-0.3, -0.25) is 9.78 Å². The number of carbonyl (C=O) groups is 2. The number of benzene rings is 2. The van der Waals surface area contributed by atoms with E-state index in [1.807, 2.05) is 48.5 Å². The molecule has 0 aliphatic carbocycles. The average Bonchev–Trinajstić information content (AvgIpc) is 2.66. The van der Waals surface area contributed by atoms with Crippen molar-refractivity contribution in [1.29, 1.82) is 0 Å². The summed E-state index contributed by atoms with van der Waals surface area (Å²) in [5, 5.41) is 3.52. The number of nitrogens with zero attached hydrogens (tertiary/aromatic N) is 1. The van der Waals surface area contributed by atoms with Gasteiger partial charge in [0, 0.05) is 22.5 Å². The Bertz CT molecular complexity index is 953. The van der Waals surface area contributed by atoms with Crippen molar-refractivity contribution in [2.45, 2.75) is 12.5 Å². The van der Waals surface area contributed by atoms with Crippen LogP contribution in [0.4, 0.5) is 0 Å². The van der Waals surface area contributed by atoms with Crippen molar-refractivity contribution in [3.8, 4) is 0 Å². The molecule has 1 atom stereocenters. The number of methoxy groups -OCH3 is 1. The van der Waals surface area contributed by atoms with Gasteiger partial charge in [-0.1, -0.05) is 46.3 Å². The lowest BCUT2D eigenvalue weighted by atomic mass is 10.0. The molecule has 2 aromatic carbocycles. The van der Waals surface area contributed by atoms with Gasteiger partial charge in [0.25, 0.3) is 5.91 Å². The molecule has 0 saturated carbocycles. The predicted octanol–water partition coefficient (Wildman–Crippen LogP) is 3.51. The van der Waals surface area contributed by atoms with Crippen molar-refractivity contribution in [1.82, 2.24) is 10.3 Å². The van der Waals surface area contributed by atoms with Gasteiger partial charge in [0.15, 0.2) is 0 Å². The average molecular weight is 413 g/mol. The van der Waals surface area contributed by atoms with Gasteiger partial charge in [-0.25, -0.2) is 4.79 Å². The van der Waals surface area contributed by atoms with Gasteiger partial charge in [-0.05, 0) is 29.8 Å². The first kappa shape index (κ1) is 18.1. The number of para-hydroxylation sites is 1. The molecule has 0 saturated heterocycles. The standard InChI is InChI=1S/C20H17BrN2O3/c1-26-20(25)18(12-13-5-4-6-14(21)11-13)23-19(24)16-9-10-22-17-8-3-2-7-15(16)17/h2-11,18H,12H2,1H3,(H,23,24)/t18-/m0/s1. The highest BCUT2D eigenvalue weighted by Crippen LogP contribution is 2.17. The van der Waals surface area contributed by atoms with Gasteiger partial charge < -0.3 is 10.1 Å². The van der Waals surface area contributed by atoms with E-state index in [9.17, 15) is 9.59 Å². The summed E-state index contributed by atoms with van der Waals surface area (Å²) in [6, 6.07) is 15.8. The summed E-state index contributed by atoms with van der Waals surface area (Å²) in [4.78, 5) is 29.2. The summed E-state index contributed by atoms with van der Waals surface area (Å²) in [7, 11) is 1.31. The van der Waals surface area contributed by atoms with Crippen molar-refractivity contribution in [2.75, 3.05) is 7.11 Å². The Morgan fingerprint density at radius 3 is 2.73 bits per heavy atom. The van der Waals surface area contributed by atoms with Crippen LogP contribution in [-0.2, 0) is 16.0 Å². The fourth-order valence-corrected chi connectivity index (χ4v) is 3.21. The molecule has 0 radical (unpaired) electrons. The van der Waals surface area contributed by atoms with E-state index >= 15 is 0 Å². The summed E-state index contributed by atoms with van der Waals surface area (Å²) in [6.45, 7) is 0.